The van der Waals surface area contributed by atoms with Crippen LogP contribution in [-0.4, -0.2) is 17.4 Å². The lowest BCUT2D eigenvalue weighted by atomic mass is 10.2. The van der Waals surface area contributed by atoms with Gasteiger partial charge in [0.1, 0.15) is 0 Å². The van der Waals surface area contributed by atoms with Crippen LogP contribution in [0.2, 0.25) is 0 Å². The fraction of sp³-hybridized carbons (Fsp3) is 0.273. The Balaban J connectivity index is 2.64. The van der Waals surface area contributed by atoms with Crippen LogP contribution in [0.15, 0.2) is 12.3 Å². The van der Waals surface area contributed by atoms with E-state index in [0.29, 0.717) is 11.1 Å². The molecule has 0 aliphatic heterocycles. The maximum absolute atomic E-state index is 12.8. The predicted octanol–water partition coefficient (Wildman–Crippen LogP) is 1.02. The van der Waals surface area contributed by atoms with Crippen molar-refractivity contribution in [3.05, 3.63) is 29.3 Å². The number of hydrogen-bond donors (Lipinski definition) is 1. The van der Waals surface area contributed by atoms with E-state index in [4.69, 9.17) is 0 Å². The summed E-state index contributed by atoms with van der Waals surface area (Å²) >= 11 is 0. The van der Waals surface area contributed by atoms with Crippen molar-refractivity contribution in [1.82, 2.24) is 10.3 Å². The molecule has 0 saturated heterocycles. The summed E-state index contributed by atoms with van der Waals surface area (Å²) in [6.07, 6.45) is 1.36. The van der Waals surface area contributed by atoms with E-state index < -0.39 is 5.95 Å². The minimum Gasteiger partial charge on any atom is -0.345 e. The molecular formula is C11H11FN2O. The number of carbonyl (C=O) groups is 1. The number of rotatable bonds is 1. The number of aryl methyl sites for hydroxylation is 1. The third-order valence-electron chi connectivity index (χ3n) is 1.67. The van der Waals surface area contributed by atoms with Crippen molar-refractivity contribution < 1.29 is 9.18 Å². The average Bonchev–Trinajstić information content (AvgIpc) is 2.18. The number of hydrogen-bond acceptors (Lipinski definition) is 2. The summed E-state index contributed by atoms with van der Waals surface area (Å²) in [6, 6.07) is 1.61. The van der Waals surface area contributed by atoms with Gasteiger partial charge in [-0.1, -0.05) is 11.8 Å². The molecule has 0 aliphatic rings. The second-order valence-corrected chi connectivity index (χ2v) is 3.04. The molecule has 3 nitrogen and oxygen atoms in total. The highest BCUT2D eigenvalue weighted by Crippen LogP contribution is 2.04. The van der Waals surface area contributed by atoms with E-state index in [1.807, 2.05) is 0 Å². The monoisotopic (exact) mass is 206 g/mol. The predicted molar refractivity (Wildman–Crippen MR) is 54.5 cm³/mol. The lowest BCUT2D eigenvalue weighted by molar-refractivity contribution is -0.118. The fourth-order valence-electron chi connectivity index (χ4n) is 0.941. The van der Waals surface area contributed by atoms with Crippen LogP contribution >= 0.6 is 0 Å². The quantitative estimate of drug-likeness (QED) is 0.550. The molecule has 1 heterocycles. The van der Waals surface area contributed by atoms with Gasteiger partial charge in [0, 0.05) is 24.2 Å². The van der Waals surface area contributed by atoms with E-state index in [0.717, 1.165) is 0 Å². The van der Waals surface area contributed by atoms with Gasteiger partial charge < -0.3 is 5.32 Å². The molecule has 0 fully saturated rings. The van der Waals surface area contributed by atoms with Crippen molar-refractivity contribution in [3.63, 3.8) is 0 Å². The molecule has 0 bridgehead atoms. The minimum atomic E-state index is -0.484. The van der Waals surface area contributed by atoms with Gasteiger partial charge in [-0.15, -0.1) is 0 Å². The zero-order valence-electron chi connectivity index (χ0n) is 8.60. The molecule has 1 aromatic rings. The highest BCUT2D eigenvalue weighted by molar-refractivity contribution is 5.73. The van der Waals surface area contributed by atoms with Crippen LogP contribution in [-0.2, 0) is 4.79 Å². The number of halogens is 1. The molecule has 0 spiro atoms. The highest BCUT2D eigenvalue weighted by Gasteiger charge is 1.97. The average molecular weight is 206 g/mol. The number of pyridine rings is 1. The second kappa shape index (κ2) is 5.11. The first-order valence-electron chi connectivity index (χ1n) is 4.45. The van der Waals surface area contributed by atoms with Crippen LogP contribution in [0.3, 0.4) is 0 Å². The largest absolute Gasteiger partial charge is 0.345 e. The van der Waals surface area contributed by atoms with E-state index in [1.165, 1.54) is 13.1 Å². The van der Waals surface area contributed by atoms with Crippen molar-refractivity contribution in [2.45, 2.75) is 13.8 Å². The zero-order valence-corrected chi connectivity index (χ0v) is 8.60. The Morgan fingerprint density at radius 1 is 1.67 bits per heavy atom. The molecule has 0 unspecified atom stereocenters. The lowest BCUT2D eigenvalue weighted by Gasteiger charge is -1.95. The van der Waals surface area contributed by atoms with E-state index in [1.54, 1.807) is 13.0 Å². The van der Waals surface area contributed by atoms with Crippen LogP contribution in [0, 0.1) is 24.7 Å². The number of aromatic nitrogens is 1. The Hall–Kier alpha value is -1.89. The van der Waals surface area contributed by atoms with Crippen LogP contribution < -0.4 is 5.32 Å². The number of carbonyl (C=O) groups excluding carboxylic acids is 1. The molecule has 78 valence electrons. The normalized spacial score (nSPS) is 9.00. The summed E-state index contributed by atoms with van der Waals surface area (Å²) < 4.78 is 12.8. The molecule has 0 aliphatic carbocycles. The lowest BCUT2D eigenvalue weighted by Crippen LogP contribution is -2.19. The second-order valence-electron chi connectivity index (χ2n) is 3.04. The maximum atomic E-state index is 12.8. The number of nitrogens with one attached hydrogen (secondary N) is 1. The highest BCUT2D eigenvalue weighted by atomic mass is 19.1. The van der Waals surface area contributed by atoms with Gasteiger partial charge in [-0.05, 0) is 13.0 Å². The van der Waals surface area contributed by atoms with Gasteiger partial charge in [-0.25, -0.2) is 4.98 Å². The number of amides is 1. The van der Waals surface area contributed by atoms with Crippen molar-refractivity contribution in [3.8, 4) is 11.8 Å². The summed E-state index contributed by atoms with van der Waals surface area (Å²) in [5.74, 6) is 4.90. The first-order chi connectivity index (χ1) is 7.09. The molecule has 1 aromatic heterocycles. The van der Waals surface area contributed by atoms with Gasteiger partial charge in [-0.2, -0.15) is 4.39 Å². The smallest absolute Gasteiger partial charge is 0.217 e. The van der Waals surface area contributed by atoms with E-state index >= 15 is 0 Å². The van der Waals surface area contributed by atoms with Gasteiger partial charge in [0.15, 0.2) is 0 Å². The van der Waals surface area contributed by atoms with Crippen molar-refractivity contribution in [2.75, 3.05) is 6.54 Å². The molecule has 15 heavy (non-hydrogen) atoms. The SMILES string of the molecule is CC(=O)NCC#Cc1cnc(F)c(C)c1. The van der Waals surface area contributed by atoms with Crippen LogP contribution in [0.5, 0.6) is 0 Å². The van der Waals surface area contributed by atoms with Crippen molar-refractivity contribution >= 4 is 5.91 Å². The van der Waals surface area contributed by atoms with Crippen LogP contribution in [0.25, 0.3) is 0 Å². The summed E-state index contributed by atoms with van der Waals surface area (Å²) in [7, 11) is 0. The fourth-order valence-corrected chi connectivity index (χ4v) is 0.941. The molecule has 1 amide bonds. The Bertz CT molecular complexity index is 432. The first kappa shape index (κ1) is 11.2. The molecule has 1 rings (SSSR count). The number of nitrogens with zero attached hydrogens (tertiary/aromatic N) is 1. The zero-order chi connectivity index (χ0) is 11.3. The van der Waals surface area contributed by atoms with Crippen molar-refractivity contribution in [1.29, 1.82) is 0 Å². The van der Waals surface area contributed by atoms with E-state index in [9.17, 15) is 9.18 Å². The van der Waals surface area contributed by atoms with Crippen molar-refractivity contribution in [2.24, 2.45) is 0 Å². The molecular weight excluding hydrogens is 195 g/mol. The summed E-state index contributed by atoms with van der Waals surface area (Å²) in [4.78, 5) is 14.0. The van der Waals surface area contributed by atoms with Crippen LogP contribution in [0.1, 0.15) is 18.1 Å². The third-order valence-corrected chi connectivity index (χ3v) is 1.67. The van der Waals surface area contributed by atoms with Gasteiger partial charge in [-0.3, -0.25) is 4.79 Å². The first-order valence-corrected chi connectivity index (χ1v) is 4.45. The maximum Gasteiger partial charge on any atom is 0.217 e. The molecule has 0 saturated carbocycles. The van der Waals surface area contributed by atoms with Gasteiger partial charge >= 0.3 is 0 Å². The molecule has 0 atom stereocenters. The molecule has 4 heteroatoms. The Kier molecular flexibility index (Phi) is 3.81. The molecule has 1 N–H and O–H groups in total. The molecule has 0 radical (unpaired) electrons. The van der Waals surface area contributed by atoms with Gasteiger partial charge in [0.2, 0.25) is 11.9 Å². The van der Waals surface area contributed by atoms with Crippen LogP contribution in [0.4, 0.5) is 4.39 Å². The standard InChI is InChI=1S/C11H11FN2O/c1-8-6-10(7-14-11(8)12)4-3-5-13-9(2)15/h6-7H,5H2,1-2H3,(H,13,15). The minimum absolute atomic E-state index is 0.127. The summed E-state index contributed by atoms with van der Waals surface area (Å²) in [5.41, 5.74) is 1.10. The Labute approximate surface area is 87.7 Å². The Morgan fingerprint density at radius 3 is 3.00 bits per heavy atom. The summed E-state index contributed by atoms with van der Waals surface area (Å²) in [5, 5.41) is 2.53. The van der Waals surface area contributed by atoms with Gasteiger partial charge in [0.05, 0.1) is 6.54 Å². The van der Waals surface area contributed by atoms with E-state index in [-0.39, 0.29) is 12.5 Å². The van der Waals surface area contributed by atoms with Gasteiger partial charge in [0.25, 0.3) is 0 Å². The third kappa shape index (κ3) is 3.77. The topological polar surface area (TPSA) is 42.0 Å². The summed E-state index contributed by atoms with van der Waals surface area (Å²) in [6.45, 7) is 3.33. The molecule has 0 aromatic carbocycles. The van der Waals surface area contributed by atoms with E-state index in [2.05, 4.69) is 22.1 Å². The Morgan fingerprint density at radius 2 is 2.40 bits per heavy atom.